The summed E-state index contributed by atoms with van der Waals surface area (Å²) in [5.74, 6) is 0.347. The zero-order chi connectivity index (χ0) is 16.4. The van der Waals surface area contributed by atoms with Gasteiger partial charge in [-0.25, -0.2) is 4.39 Å². The maximum atomic E-state index is 14.1. The number of ether oxygens (including phenoxy) is 1. The average Bonchev–Trinajstić information content (AvgIpc) is 2.55. The van der Waals surface area contributed by atoms with Crippen LogP contribution in [0.2, 0.25) is 5.02 Å². The van der Waals surface area contributed by atoms with Gasteiger partial charge in [-0.2, -0.15) is 0 Å². The summed E-state index contributed by atoms with van der Waals surface area (Å²) in [5, 5.41) is 4.86. The number of nitrogens with zero attached hydrogens (tertiary/aromatic N) is 1. The third-order valence-electron chi connectivity index (χ3n) is 3.75. The Morgan fingerprint density at radius 3 is 2.78 bits per heavy atom. The van der Waals surface area contributed by atoms with Crippen LogP contribution in [0.1, 0.15) is 18.5 Å². The molecule has 0 saturated carbocycles. The van der Waals surface area contributed by atoms with Gasteiger partial charge in [0.15, 0.2) is 0 Å². The van der Waals surface area contributed by atoms with Crippen molar-refractivity contribution in [3.05, 3.63) is 65.1 Å². The standard InChI is InChI=1S/C18H16ClFN2O/c1-11(14-10-13(23-2)4-5-16(14)20)22-18-7-8-21-17-6-3-12(19)9-15(17)18/h3-11H,1-2H3,(H,21,22). The minimum atomic E-state index is -0.276. The minimum Gasteiger partial charge on any atom is -0.497 e. The Hall–Kier alpha value is -2.33. The van der Waals surface area contributed by atoms with Crippen molar-refractivity contribution in [2.75, 3.05) is 12.4 Å². The molecule has 5 heteroatoms. The van der Waals surface area contributed by atoms with Gasteiger partial charge in [-0.3, -0.25) is 4.98 Å². The van der Waals surface area contributed by atoms with E-state index in [4.69, 9.17) is 16.3 Å². The molecule has 0 spiro atoms. The van der Waals surface area contributed by atoms with Gasteiger partial charge < -0.3 is 10.1 Å². The molecule has 118 valence electrons. The summed E-state index contributed by atoms with van der Waals surface area (Å²) in [6.07, 6.45) is 1.72. The molecule has 0 aliphatic heterocycles. The number of hydrogen-bond acceptors (Lipinski definition) is 3. The Bertz CT molecular complexity index is 854. The van der Waals surface area contributed by atoms with Gasteiger partial charge in [0.2, 0.25) is 0 Å². The van der Waals surface area contributed by atoms with Crippen LogP contribution in [0.3, 0.4) is 0 Å². The highest BCUT2D eigenvalue weighted by Crippen LogP contribution is 2.30. The van der Waals surface area contributed by atoms with Crippen molar-refractivity contribution in [2.45, 2.75) is 13.0 Å². The molecule has 0 amide bonds. The van der Waals surface area contributed by atoms with E-state index in [0.717, 1.165) is 16.6 Å². The molecule has 3 rings (SSSR count). The normalized spacial score (nSPS) is 12.2. The molecule has 0 bridgehead atoms. The number of methoxy groups -OCH3 is 1. The van der Waals surface area contributed by atoms with Crippen molar-refractivity contribution in [3.8, 4) is 5.75 Å². The molecular weight excluding hydrogens is 315 g/mol. The first-order valence-electron chi connectivity index (χ1n) is 7.22. The quantitative estimate of drug-likeness (QED) is 0.713. The lowest BCUT2D eigenvalue weighted by Gasteiger charge is -2.18. The van der Waals surface area contributed by atoms with E-state index >= 15 is 0 Å². The number of anilines is 1. The van der Waals surface area contributed by atoms with E-state index in [0.29, 0.717) is 16.3 Å². The second-order valence-corrected chi connectivity index (χ2v) is 5.71. The molecule has 0 fully saturated rings. The van der Waals surface area contributed by atoms with Gasteiger partial charge in [0.05, 0.1) is 18.7 Å². The van der Waals surface area contributed by atoms with Gasteiger partial charge in [-0.15, -0.1) is 0 Å². The molecule has 3 aromatic rings. The number of hydrogen-bond donors (Lipinski definition) is 1. The van der Waals surface area contributed by atoms with Gasteiger partial charge >= 0.3 is 0 Å². The van der Waals surface area contributed by atoms with Gasteiger partial charge in [0, 0.05) is 27.9 Å². The van der Waals surface area contributed by atoms with Crippen LogP contribution in [0, 0.1) is 5.82 Å². The minimum absolute atomic E-state index is 0.241. The largest absolute Gasteiger partial charge is 0.497 e. The van der Waals surface area contributed by atoms with Crippen molar-refractivity contribution in [3.63, 3.8) is 0 Å². The molecule has 2 aromatic carbocycles. The number of fused-ring (bicyclic) bond motifs is 1. The van der Waals surface area contributed by atoms with E-state index in [9.17, 15) is 4.39 Å². The van der Waals surface area contributed by atoms with E-state index in [2.05, 4.69) is 10.3 Å². The maximum absolute atomic E-state index is 14.1. The summed E-state index contributed by atoms with van der Waals surface area (Å²) in [5.41, 5.74) is 2.22. The van der Waals surface area contributed by atoms with Crippen LogP contribution in [0.15, 0.2) is 48.7 Å². The van der Waals surface area contributed by atoms with Crippen LogP contribution < -0.4 is 10.1 Å². The molecule has 1 unspecified atom stereocenters. The SMILES string of the molecule is COc1ccc(F)c(C(C)Nc2ccnc3ccc(Cl)cc23)c1. The van der Waals surface area contributed by atoms with Crippen molar-refractivity contribution < 1.29 is 9.13 Å². The molecular formula is C18H16ClFN2O. The summed E-state index contributed by atoms with van der Waals surface area (Å²) in [6.45, 7) is 1.90. The summed E-state index contributed by atoms with van der Waals surface area (Å²) in [7, 11) is 1.56. The molecule has 23 heavy (non-hydrogen) atoms. The Morgan fingerprint density at radius 2 is 2.00 bits per heavy atom. The first kappa shape index (κ1) is 15.6. The highest BCUT2D eigenvalue weighted by atomic mass is 35.5. The van der Waals surface area contributed by atoms with Crippen LogP contribution in [0.5, 0.6) is 5.75 Å². The summed E-state index contributed by atoms with van der Waals surface area (Å²) >= 11 is 6.08. The fraction of sp³-hybridized carbons (Fsp3) is 0.167. The summed E-state index contributed by atoms with van der Waals surface area (Å²) in [4.78, 5) is 4.32. The lowest BCUT2D eigenvalue weighted by atomic mass is 10.1. The lowest BCUT2D eigenvalue weighted by Crippen LogP contribution is -2.09. The van der Waals surface area contributed by atoms with Crippen LogP contribution in [0.25, 0.3) is 10.9 Å². The summed E-state index contributed by atoms with van der Waals surface area (Å²) < 4.78 is 19.3. The Labute approximate surface area is 139 Å². The lowest BCUT2D eigenvalue weighted by molar-refractivity contribution is 0.412. The smallest absolute Gasteiger partial charge is 0.128 e. The number of rotatable bonds is 4. The van der Waals surface area contributed by atoms with E-state index in [1.165, 1.54) is 6.07 Å². The van der Waals surface area contributed by atoms with Gasteiger partial charge in [-0.1, -0.05) is 11.6 Å². The maximum Gasteiger partial charge on any atom is 0.128 e. The van der Waals surface area contributed by atoms with Crippen LogP contribution in [-0.4, -0.2) is 12.1 Å². The second-order valence-electron chi connectivity index (χ2n) is 5.27. The van der Waals surface area contributed by atoms with Crippen molar-refractivity contribution in [1.29, 1.82) is 0 Å². The predicted octanol–water partition coefficient (Wildman–Crippen LogP) is 5.21. The number of aromatic nitrogens is 1. The fourth-order valence-corrected chi connectivity index (χ4v) is 2.71. The molecule has 0 aliphatic rings. The third kappa shape index (κ3) is 3.22. The Kier molecular flexibility index (Phi) is 4.35. The van der Waals surface area contributed by atoms with Crippen molar-refractivity contribution in [2.24, 2.45) is 0 Å². The van der Waals surface area contributed by atoms with Crippen LogP contribution in [0.4, 0.5) is 10.1 Å². The second kappa shape index (κ2) is 6.42. The Balaban J connectivity index is 1.97. The molecule has 0 radical (unpaired) electrons. The molecule has 3 nitrogen and oxygen atoms in total. The molecule has 1 N–H and O–H groups in total. The highest BCUT2D eigenvalue weighted by molar-refractivity contribution is 6.31. The number of pyridine rings is 1. The number of nitrogens with one attached hydrogen (secondary N) is 1. The molecule has 1 heterocycles. The van der Waals surface area contributed by atoms with E-state index in [1.54, 1.807) is 31.5 Å². The average molecular weight is 331 g/mol. The van der Waals surface area contributed by atoms with Gasteiger partial charge in [0.1, 0.15) is 11.6 Å². The monoisotopic (exact) mass is 330 g/mol. The highest BCUT2D eigenvalue weighted by Gasteiger charge is 2.13. The first-order valence-corrected chi connectivity index (χ1v) is 7.60. The fourth-order valence-electron chi connectivity index (χ4n) is 2.54. The van der Waals surface area contributed by atoms with E-state index in [1.807, 2.05) is 25.1 Å². The van der Waals surface area contributed by atoms with Crippen molar-refractivity contribution >= 4 is 28.2 Å². The predicted molar refractivity (Wildman–Crippen MR) is 91.7 cm³/mol. The third-order valence-corrected chi connectivity index (χ3v) is 3.98. The molecule has 0 saturated heterocycles. The molecule has 0 aliphatic carbocycles. The zero-order valence-corrected chi connectivity index (χ0v) is 13.6. The van der Waals surface area contributed by atoms with Gasteiger partial charge in [-0.05, 0) is 49.4 Å². The molecule has 1 atom stereocenters. The van der Waals surface area contributed by atoms with Gasteiger partial charge in [0.25, 0.3) is 0 Å². The first-order chi connectivity index (χ1) is 11.1. The zero-order valence-electron chi connectivity index (χ0n) is 12.8. The molecule has 1 aromatic heterocycles. The van der Waals surface area contributed by atoms with Crippen LogP contribution in [-0.2, 0) is 0 Å². The number of halogens is 2. The van der Waals surface area contributed by atoms with Crippen LogP contribution >= 0.6 is 11.6 Å². The Morgan fingerprint density at radius 1 is 1.17 bits per heavy atom. The summed E-state index contributed by atoms with van der Waals surface area (Å²) in [6, 6.07) is 11.8. The number of benzene rings is 2. The van der Waals surface area contributed by atoms with E-state index < -0.39 is 0 Å². The van der Waals surface area contributed by atoms with E-state index in [-0.39, 0.29) is 11.9 Å². The van der Waals surface area contributed by atoms with Crippen molar-refractivity contribution in [1.82, 2.24) is 4.98 Å². The topological polar surface area (TPSA) is 34.1 Å².